The first-order valence-corrected chi connectivity index (χ1v) is 12.7. The molecule has 3 heterocycles. The molecule has 0 aliphatic carbocycles. The van der Waals surface area contributed by atoms with Crippen LogP contribution in [-0.4, -0.2) is 30.5 Å². The molecule has 2 unspecified atom stereocenters. The van der Waals surface area contributed by atoms with E-state index in [1.807, 2.05) is 74.5 Å². The van der Waals surface area contributed by atoms with Crippen LogP contribution < -0.4 is 0 Å². The highest BCUT2D eigenvalue weighted by Crippen LogP contribution is 2.41. The fourth-order valence-electron chi connectivity index (χ4n) is 2.91. The molecule has 166 valence electrons. The van der Waals surface area contributed by atoms with Gasteiger partial charge in [-0.2, -0.15) is 9.97 Å². The van der Waals surface area contributed by atoms with Gasteiger partial charge < -0.3 is 9.05 Å². The van der Waals surface area contributed by atoms with Gasteiger partial charge in [0.05, 0.1) is 10.5 Å². The van der Waals surface area contributed by atoms with E-state index in [1.54, 1.807) is 0 Å². The number of rotatable bonds is 8. The minimum Gasteiger partial charge on any atom is -0.338 e. The average molecular weight is 495 g/mol. The molecule has 11 heteroatoms. The van der Waals surface area contributed by atoms with Crippen molar-refractivity contribution in [1.82, 2.24) is 30.5 Å². The second-order valence-corrected chi connectivity index (χ2v) is 11.2. The van der Waals surface area contributed by atoms with Gasteiger partial charge in [0.2, 0.25) is 23.4 Å². The van der Waals surface area contributed by atoms with Gasteiger partial charge in [-0.05, 0) is 13.8 Å². The molecule has 33 heavy (non-hydrogen) atoms. The van der Waals surface area contributed by atoms with Crippen molar-refractivity contribution in [3.8, 4) is 22.8 Å². The van der Waals surface area contributed by atoms with Crippen LogP contribution in [-0.2, 0) is 0 Å². The summed E-state index contributed by atoms with van der Waals surface area (Å²) in [5.41, 5.74) is 1.84. The number of benzene rings is 2. The number of nitrogens with zero attached hydrogens (tertiary/aromatic N) is 6. The van der Waals surface area contributed by atoms with E-state index in [2.05, 4.69) is 30.5 Å². The lowest BCUT2D eigenvalue weighted by molar-refractivity contribution is 0.380. The van der Waals surface area contributed by atoms with Crippen molar-refractivity contribution in [3.05, 3.63) is 72.4 Å². The van der Waals surface area contributed by atoms with Gasteiger partial charge in [-0.3, -0.25) is 0 Å². The predicted molar refractivity (Wildman–Crippen MR) is 128 cm³/mol. The van der Waals surface area contributed by atoms with Gasteiger partial charge in [0.15, 0.2) is 8.68 Å². The van der Waals surface area contributed by atoms with Gasteiger partial charge in [0.25, 0.3) is 0 Å². The molecule has 0 amide bonds. The van der Waals surface area contributed by atoms with E-state index in [4.69, 9.17) is 9.05 Å². The number of hydrogen-bond acceptors (Lipinski definition) is 11. The van der Waals surface area contributed by atoms with Crippen LogP contribution in [0.5, 0.6) is 0 Å². The van der Waals surface area contributed by atoms with Crippen LogP contribution in [0.3, 0.4) is 0 Å². The Balaban J connectivity index is 1.21. The molecule has 2 atom stereocenters. The largest absolute Gasteiger partial charge is 0.338 e. The van der Waals surface area contributed by atoms with Crippen LogP contribution >= 0.6 is 34.9 Å². The second kappa shape index (κ2) is 9.86. The van der Waals surface area contributed by atoms with Crippen molar-refractivity contribution >= 4 is 34.9 Å². The van der Waals surface area contributed by atoms with Crippen molar-refractivity contribution < 1.29 is 9.05 Å². The highest BCUT2D eigenvalue weighted by atomic mass is 32.2. The molecular formula is C22H18N6O2S3. The summed E-state index contributed by atoms with van der Waals surface area (Å²) in [5.74, 6) is 2.26. The molecule has 0 spiro atoms. The Bertz CT molecular complexity index is 1220. The van der Waals surface area contributed by atoms with Crippen molar-refractivity contribution in [2.24, 2.45) is 0 Å². The topological polar surface area (TPSA) is 104 Å². The molecule has 8 nitrogen and oxygen atoms in total. The van der Waals surface area contributed by atoms with Gasteiger partial charge >= 0.3 is 0 Å². The lowest BCUT2D eigenvalue weighted by atomic mass is 10.2. The third-order valence-electron chi connectivity index (χ3n) is 4.59. The molecule has 0 aliphatic heterocycles. The minimum absolute atomic E-state index is 0.0532. The van der Waals surface area contributed by atoms with Crippen LogP contribution in [0.15, 0.2) is 78.4 Å². The number of aromatic nitrogens is 6. The van der Waals surface area contributed by atoms with Gasteiger partial charge in [-0.25, -0.2) is 0 Å². The molecule has 0 saturated heterocycles. The fourth-order valence-corrected chi connectivity index (χ4v) is 6.27. The average Bonchev–Trinajstić information content (AvgIpc) is 3.61. The van der Waals surface area contributed by atoms with Crippen molar-refractivity contribution in [2.75, 3.05) is 0 Å². The maximum Gasteiger partial charge on any atom is 0.240 e. The van der Waals surface area contributed by atoms with Gasteiger partial charge in [0, 0.05) is 11.1 Å². The van der Waals surface area contributed by atoms with E-state index >= 15 is 0 Å². The molecule has 2 aromatic carbocycles. The van der Waals surface area contributed by atoms with E-state index in [1.165, 1.54) is 34.9 Å². The molecule has 0 bridgehead atoms. The zero-order valence-corrected chi connectivity index (χ0v) is 20.1. The Morgan fingerprint density at radius 1 is 0.667 bits per heavy atom. The Kier molecular flexibility index (Phi) is 6.51. The van der Waals surface area contributed by atoms with Crippen LogP contribution in [0.25, 0.3) is 22.8 Å². The van der Waals surface area contributed by atoms with Crippen LogP contribution in [0.1, 0.15) is 36.1 Å². The predicted octanol–water partition coefficient (Wildman–Crippen LogP) is 6.34. The molecule has 5 aromatic rings. The maximum absolute atomic E-state index is 5.46. The Hall–Kier alpha value is -3.02. The Labute approximate surface area is 202 Å². The monoisotopic (exact) mass is 494 g/mol. The SMILES string of the molecule is CC(Sc1nnc(SC(C)c2nc(-c3ccccc3)no2)s1)c1nc(-c2ccccc2)no1. The van der Waals surface area contributed by atoms with E-state index < -0.39 is 0 Å². The lowest BCUT2D eigenvalue weighted by Crippen LogP contribution is -1.89. The number of thioether (sulfide) groups is 2. The third-order valence-corrected chi connectivity index (χ3v) is 7.85. The zero-order chi connectivity index (χ0) is 22.6. The molecule has 0 radical (unpaired) electrons. The smallest absolute Gasteiger partial charge is 0.240 e. The highest BCUT2D eigenvalue weighted by Gasteiger charge is 2.21. The molecule has 0 aliphatic rings. The van der Waals surface area contributed by atoms with Crippen LogP contribution in [0, 0.1) is 0 Å². The summed E-state index contributed by atoms with van der Waals surface area (Å²) >= 11 is 4.58. The first kappa shape index (κ1) is 21.8. The van der Waals surface area contributed by atoms with Gasteiger partial charge in [0.1, 0.15) is 0 Å². The summed E-state index contributed by atoms with van der Waals surface area (Å²) in [6.07, 6.45) is 0. The van der Waals surface area contributed by atoms with E-state index in [9.17, 15) is 0 Å². The van der Waals surface area contributed by atoms with Gasteiger partial charge in [-0.15, -0.1) is 10.2 Å². The molecule has 3 aromatic heterocycles. The molecule has 0 N–H and O–H groups in total. The zero-order valence-electron chi connectivity index (χ0n) is 17.7. The van der Waals surface area contributed by atoms with Crippen molar-refractivity contribution in [2.45, 2.75) is 33.0 Å². The molecular weight excluding hydrogens is 476 g/mol. The lowest BCUT2D eigenvalue weighted by Gasteiger charge is -2.02. The van der Waals surface area contributed by atoms with E-state index in [-0.39, 0.29) is 10.5 Å². The van der Waals surface area contributed by atoms with Crippen LogP contribution in [0.2, 0.25) is 0 Å². The van der Waals surface area contributed by atoms with E-state index in [0.717, 1.165) is 19.8 Å². The van der Waals surface area contributed by atoms with E-state index in [0.29, 0.717) is 23.4 Å². The second-order valence-electron chi connectivity index (χ2n) is 7.00. The van der Waals surface area contributed by atoms with Crippen molar-refractivity contribution in [1.29, 1.82) is 0 Å². The Morgan fingerprint density at radius 3 is 1.52 bits per heavy atom. The summed E-state index contributed by atoms with van der Waals surface area (Å²) in [6.45, 7) is 4.01. The fraction of sp³-hybridized carbons (Fsp3) is 0.182. The quantitative estimate of drug-likeness (QED) is 0.227. The normalized spacial score (nSPS) is 13.2. The highest BCUT2D eigenvalue weighted by molar-refractivity contribution is 8.03. The third kappa shape index (κ3) is 5.15. The molecule has 5 rings (SSSR count). The summed E-state index contributed by atoms with van der Waals surface area (Å²) in [4.78, 5) is 9.05. The van der Waals surface area contributed by atoms with Gasteiger partial charge in [-0.1, -0.05) is 106 Å². The number of hydrogen-bond donors (Lipinski definition) is 0. The standard InChI is InChI=1S/C22H18N6O2S3/c1-13(19-23-17(27-29-19)15-9-5-3-6-10-15)31-21-25-26-22(33-21)32-14(2)20-24-18(28-30-20)16-11-7-4-8-12-16/h3-14H,1-2H3. The first-order valence-electron chi connectivity index (χ1n) is 10.1. The summed E-state index contributed by atoms with van der Waals surface area (Å²) in [7, 11) is 0. The van der Waals surface area contributed by atoms with Crippen molar-refractivity contribution in [3.63, 3.8) is 0 Å². The first-order chi connectivity index (χ1) is 16.2. The van der Waals surface area contributed by atoms with Crippen LogP contribution in [0.4, 0.5) is 0 Å². The molecule has 0 fully saturated rings. The maximum atomic E-state index is 5.46. The summed E-state index contributed by atoms with van der Waals surface area (Å²) in [6, 6.07) is 19.5. The summed E-state index contributed by atoms with van der Waals surface area (Å²) in [5, 5.41) is 16.7. The summed E-state index contributed by atoms with van der Waals surface area (Å²) < 4.78 is 12.6. The molecule has 0 saturated carbocycles. The Morgan fingerprint density at radius 2 is 1.09 bits per heavy atom. The minimum atomic E-state index is -0.0532.